The Bertz CT molecular complexity index is 1180. The lowest BCUT2D eigenvalue weighted by molar-refractivity contribution is 0.0697. The summed E-state index contributed by atoms with van der Waals surface area (Å²) in [7, 11) is 0. The number of benzene rings is 2. The van der Waals surface area contributed by atoms with Gasteiger partial charge in [-0.3, -0.25) is 0 Å². The molecular formula is C23H19NO3. The van der Waals surface area contributed by atoms with Gasteiger partial charge in [-0.25, -0.2) is 4.79 Å². The van der Waals surface area contributed by atoms with Gasteiger partial charge >= 0.3 is 5.97 Å². The molecule has 4 aromatic rings. The number of nitrogens with one attached hydrogen (secondary N) is 1. The van der Waals surface area contributed by atoms with E-state index < -0.39 is 5.97 Å². The van der Waals surface area contributed by atoms with Gasteiger partial charge in [0.25, 0.3) is 0 Å². The number of hydrogen-bond donors (Lipinski definition) is 2. The second-order valence-electron chi connectivity index (χ2n) is 6.79. The number of carboxylic acid groups (broad SMARTS) is 1. The summed E-state index contributed by atoms with van der Waals surface area (Å²) in [5.74, 6) is -0.175. The lowest BCUT2D eigenvalue weighted by Gasteiger charge is -2.02. The topological polar surface area (TPSA) is 66.2 Å². The number of carbonyl (C=O) groups is 1. The molecule has 0 atom stereocenters. The first-order valence-corrected chi connectivity index (χ1v) is 8.65. The van der Waals surface area contributed by atoms with E-state index in [1.54, 1.807) is 24.3 Å². The van der Waals surface area contributed by atoms with Crippen molar-refractivity contribution in [2.45, 2.75) is 13.8 Å². The van der Waals surface area contributed by atoms with Gasteiger partial charge in [-0.2, -0.15) is 0 Å². The third-order valence-electron chi connectivity index (χ3n) is 4.61. The molecule has 0 bridgehead atoms. The zero-order valence-corrected chi connectivity index (χ0v) is 15.2. The minimum absolute atomic E-state index is 0.269. The summed E-state index contributed by atoms with van der Waals surface area (Å²) in [5.41, 5.74) is 6.95. The number of hydrogen-bond acceptors (Lipinski definition) is 2. The van der Waals surface area contributed by atoms with E-state index in [1.165, 1.54) is 5.56 Å². The molecule has 2 aromatic heterocycles. The van der Waals surface area contributed by atoms with Crippen molar-refractivity contribution in [1.82, 2.24) is 4.98 Å². The van der Waals surface area contributed by atoms with Crippen molar-refractivity contribution in [2.75, 3.05) is 0 Å². The average molecular weight is 357 g/mol. The molecule has 0 amide bonds. The zero-order valence-electron chi connectivity index (χ0n) is 15.2. The van der Waals surface area contributed by atoms with Crippen LogP contribution in [0, 0.1) is 6.92 Å². The van der Waals surface area contributed by atoms with E-state index in [-0.39, 0.29) is 5.56 Å². The number of aromatic nitrogens is 1. The van der Waals surface area contributed by atoms with Crippen LogP contribution in [0.3, 0.4) is 0 Å². The van der Waals surface area contributed by atoms with Crippen molar-refractivity contribution in [1.29, 1.82) is 0 Å². The number of aryl methyl sites for hydroxylation is 1. The summed E-state index contributed by atoms with van der Waals surface area (Å²) >= 11 is 0. The van der Waals surface area contributed by atoms with E-state index in [2.05, 4.69) is 30.6 Å². The number of fused-ring (bicyclic) bond motifs is 1. The third kappa shape index (κ3) is 3.06. The quantitative estimate of drug-likeness (QED) is 0.461. The van der Waals surface area contributed by atoms with Gasteiger partial charge in [-0.1, -0.05) is 18.7 Å². The normalized spacial score (nSPS) is 11.0. The van der Waals surface area contributed by atoms with Gasteiger partial charge in [0.1, 0.15) is 5.58 Å². The molecule has 0 unspecified atom stereocenters. The van der Waals surface area contributed by atoms with E-state index in [9.17, 15) is 4.79 Å². The van der Waals surface area contributed by atoms with Gasteiger partial charge < -0.3 is 14.5 Å². The maximum atomic E-state index is 11.0. The smallest absolute Gasteiger partial charge is 0.335 e. The van der Waals surface area contributed by atoms with E-state index in [0.29, 0.717) is 0 Å². The maximum absolute atomic E-state index is 11.0. The van der Waals surface area contributed by atoms with Crippen LogP contribution in [0.15, 0.2) is 65.6 Å². The predicted molar refractivity (Wildman–Crippen MR) is 108 cm³/mol. The molecule has 2 N–H and O–H groups in total. The number of H-pyrrole nitrogens is 1. The van der Waals surface area contributed by atoms with Gasteiger partial charge in [-0.15, -0.1) is 0 Å². The van der Waals surface area contributed by atoms with Crippen molar-refractivity contribution in [3.05, 3.63) is 77.9 Å². The van der Waals surface area contributed by atoms with Crippen LogP contribution in [-0.4, -0.2) is 16.1 Å². The van der Waals surface area contributed by atoms with Crippen LogP contribution in [-0.2, 0) is 0 Å². The monoisotopic (exact) mass is 357 g/mol. The molecule has 0 saturated heterocycles. The molecule has 134 valence electrons. The molecule has 0 aliphatic rings. The number of aromatic amines is 1. The summed E-state index contributed by atoms with van der Waals surface area (Å²) in [4.78, 5) is 14.4. The average Bonchev–Trinajstić information content (AvgIpc) is 3.27. The molecular weight excluding hydrogens is 338 g/mol. The molecule has 27 heavy (non-hydrogen) atoms. The second kappa shape index (κ2) is 6.32. The summed E-state index contributed by atoms with van der Waals surface area (Å²) in [6.45, 7) is 8.09. The second-order valence-corrected chi connectivity index (χ2v) is 6.79. The lowest BCUT2D eigenvalue weighted by Crippen LogP contribution is -1.94. The van der Waals surface area contributed by atoms with E-state index in [1.807, 2.05) is 25.1 Å². The first-order valence-electron chi connectivity index (χ1n) is 8.65. The molecule has 2 heterocycles. The Morgan fingerprint density at radius 1 is 1.04 bits per heavy atom. The third-order valence-corrected chi connectivity index (χ3v) is 4.61. The molecule has 4 heteroatoms. The maximum Gasteiger partial charge on any atom is 0.335 e. The zero-order chi connectivity index (χ0) is 19.1. The van der Waals surface area contributed by atoms with Crippen LogP contribution >= 0.6 is 0 Å². The van der Waals surface area contributed by atoms with Crippen LogP contribution in [0.25, 0.3) is 39.3 Å². The number of furan rings is 1. The summed E-state index contributed by atoms with van der Waals surface area (Å²) < 4.78 is 6.13. The van der Waals surface area contributed by atoms with Crippen molar-refractivity contribution in [2.24, 2.45) is 0 Å². The van der Waals surface area contributed by atoms with Crippen LogP contribution in [0.4, 0.5) is 0 Å². The van der Waals surface area contributed by atoms with E-state index in [0.717, 1.165) is 44.8 Å². The Labute approximate surface area is 156 Å². The Hall–Kier alpha value is -3.53. The number of rotatable bonds is 4. The summed E-state index contributed by atoms with van der Waals surface area (Å²) in [6, 6.07) is 16.9. The van der Waals surface area contributed by atoms with Crippen molar-refractivity contribution >= 4 is 22.5 Å². The molecule has 4 nitrogen and oxygen atoms in total. The fourth-order valence-corrected chi connectivity index (χ4v) is 3.25. The van der Waals surface area contributed by atoms with Crippen molar-refractivity contribution in [3.63, 3.8) is 0 Å². The fourth-order valence-electron chi connectivity index (χ4n) is 3.25. The molecule has 0 fully saturated rings. The molecule has 2 aromatic carbocycles. The highest BCUT2D eigenvalue weighted by Crippen LogP contribution is 2.34. The first-order chi connectivity index (χ1) is 12.9. The number of allylic oxidation sites excluding steroid dienone is 1. The Kier molecular flexibility index (Phi) is 3.96. The SMILES string of the molecule is C=C(C)c1cc(C)cc2cc(-c3ccc(-c4ccc(C(=O)O)cc4)[nH]3)oc12. The van der Waals surface area contributed by atoms with E-state index in [4.69, 9.17) is 9.52 Å². The molecule has 4 rings (SSSR count). The van der Waals surface area contributed by atoms with Crippen molar-refractivity contribution in [3.8, 4) is 22.7 Å². The van der Waals surface area contributed by atoms with Gasteiger partial charge in [0, 0.05) is 16.6 Å². The molecule has 0 spiro atoms. The minimum Gasteiger partial charge on any atom is -0.478 e. The van der Waals surface area contributed by atoms with Crippen LogP contribution < -0.4 is 0 Å². The summed E-state index contributed by atoms with van der Waals surface area (Å²) in [5, 5.41) is 10.1. The van der Waals surface area contributed by atoms with Gasteiger partial charge in [-0.05, 0) is 73.0 Å². The molecule has 0 aliphatic heterocycles. The van der Waals surface area contributed by atoms with E-state index >= 15 is 0 Å². The van der Waals surface area contributed by atoms with Gasteiger partial charge in [0.15, 0.2) is 5.76 Å². The van der Waals surface area contributed by atoms with Gasteiger partial charge in [0.05, 0.1) is 11.3 Å². The largest absolute Gasteiger partial charge is 0.478 e. The van der Waals surface area contributed by atoms with Crippen molar-refractivity contribution < 1.29 is 14.3 Å². The Morgan fingerprint density at radius 3 is 2.41 bits per heavy atom. The highest BCUT2D eigenvalue weighted by Gasteiger charge is 2.13. The first kappa shape index (κ1) is 16.9. The van der Waals surface area contributed by atoms with Gasteiger partial charge in [0.2, 0.25) is 0 Å². The lowest BCUT2D eigenvalue weighted by atomic mass is 10.0. The van der Waals surface area contributed by atoms with Crippen LogP contribution in [0.2, 0.25) is 0 Å². The number of aromatic carboxylic acids is 1. The number of carboxylic acids is 1. The summed E-state index contributed by atoms with van der Waals surface area (Å²) in [6.07, 6.45) is 0. The highest BCUT2D eigenvalue weighted by atomic mass is 16.4. The minimum atomic E-state index is -0.931. The highest BCUT2D eigenvalue weighted by molar-refractivity contribution is 5.92. The molecule has 0 saturated carbocycles. The molecule has 0 radical (unpaired) electrons. The predicted octanol–water partition coefficient (Wildman–Crippen LogP) is 6.13. The Morgan fingerprint density at radius 2 is 1.74 bits per heavy atom. The van der Waals surface area contributed by atoms with Crippen LogP contribution in [0.1, 0.15) is 28.4 Å². The molecule has 0 aliphatic carbocycles. The Balaban J connectivity index is 1.74. The standard InChI is InChI=1S/C23H19NO3/c1-13(2)18-11-14(3)10-17-12-21(27-22(17)18)20-9-8-19(24-20)15-4-6-16(7-5-15)23(25)26/h4-12,24H,1H2,2-3H3,(H,25,26). The fraction of sp³-hybridized carbons (Fsp3) is 0.0870. The van der Waals surface area contributed by atoms with Crippen LogP contribution in [0.5, 0.6) is 0 Å².